The van der Waals surface area contributed by atoms with Crippen molar-refractivity contribution in [3.05, 3.63) is 18.3 Å². The van der Waals surface area contributed by atoms with Crippen molar-refractivity contribution >= 4 is 11.7 Å². The first kappa shape index (κ1) is 14.3. The molecule has 6 heteroatoms. The summed E-state index contributed by atoms with van der Waals surface area (Å²) in [5.74, 6) is 1.10. The second-order valence-corrected chi connectivity index (χ2v) is 5.51. The maximum Gasteiger partial charge on any atom is 0.266 e. The van der Waals surface area contributed by atoms with Crippen molar-refractivity contribution < 1.29 is 9.53 Å². The highest BCUT2D eigenvalue weighted by Gasteiger charge is 2.28. The van der Waals surface area contributed by atoms with E-state index in [-0.39, 0.29) is 5.91 Å². The van der Waals surface area contributed by atoms with Crippen LogP contribution in [0.2, 0.25) is 0 Å². The summed E-state index contributed by atoms with van der Waals surface area (Å²) in [5.41, 5.74) is 0. The van der Waals surface area contributed by atoms with E-state index in [1.165, 1.54) is 0 Å². The summed E-state index contributed by atoms with van der Waals surface area (Å²) in [7, 11) is 0. The largest absolute Gasteiger partial charge is 0.477 e. The molecule has 1 unspecified atom stereocenters. The lowest BCUT2D eigenvalue weighted by molar-refractivity contribution is -0.124. The molecule has 2 aliphatic heterocycles. The molecular weight excluding hydrogens is 268 g/mol. The van der Waals surface area contributed by atoms with Crippen molar-refractivity contribution in [1.82, 2.24) is 14.8 Å². The summed E-state index contributed by atoms with van der Waals surface area (Å²) in [6.07, 6.45) is 1.95. The van der Waals surface area contributed by atoms with Crippen LogP contribution in [0.1, 0.15) is 13.3 Å². The predicted molar refractivity (Wildman–Crippen MR) is 80.5 cm³/mol. The third-order valence-electron chi connectivity index (χ3n) is 4.19. The van der Waals surface area contributed by atoms with Crippen molar-refractivity contribution in [2.75, 3.05) is 44.6 Å². The Labute approximate surface area is 125 Å². The third-order valence-corrected chi connectivity index (χ3v) is 4.19. The van der Waals surface area contributed by atoms with Gasteiger partial charge < -0.3 is 19.9 Å². The Morgan fingerprint density at radius 1 is 1.33 bits per heavy atom. The number of amides is 1. The number of carbonyl (C=O) groups is 1. The lowest BCUT2D eigenvalue weighted by Gasteiger charge is -2.35. The summed E-state index contributed by atoms with van der Waals surface area (Å²) < 4.78 is 5.77. The van der Waals surface area contributed by atoms with Gasteiger partial charge in [-0.2, -0.15) is 0 Å². The van der Waals surface area contributed by atoms with E-state index >= 15 is 0 Å². The van der Waals surface area contributed by atoms with Crippen LogP contribution in [-0.2, 0) is 4.79 Å². The molecule has 0 saturated carbocycles. The zero-order chi connectivity index (χ0) is 14.7. The van der Waals surface area contributed by atoms with E-state index in [4.69, 9.17) is 4.74 Å². The number of hydrogen-bond acceptors (Lipinski definition) is 5. The van der Waals surface area contributed by atoms with Gasteiger partial charge in [-0.05, 0) is 18.7 Å². The van der Waals surface area contributed by atoms with Gasteiger partial charge in [0.15, 0.2) is 17.7 Å². The number of nitrogens with zero attached hydrogens (tertiary/aromatic N) is 3. The number of pyridine rings is 1. The van der Waals surface area contributed by atoms with Gasteiger partial charge in [-0.3, -0.25) is 4.79 Å². The molecule has 3 heterocycles. The fraction of sp³-hybridized carbons (Fsp3) is 0.600. The van der Waals surface area contributed by atoms with Gasteiger partial charge in [0.1, 0.15) is 0 Å². The molecule has 1 aromatic rings. The fourth-order valence-electron chi connectivity index (χ4n) is 2.80. The second-order valence-electron chi connectivity index (χ2n) is 5.51. The molecule has 1 saturated heterocycles. The van der Waals surface area contributed by atoms with Crippen LogP contribution in [0.5, 0.6) is 5.75 Å². The van der Waals surface area contributed by atoms with Gasteiger partial charge in [-0.15, -0.1) is 0 Å². The first-order valence-electron chi connectivity index (χ1n) is 7.63. The lowest BCUT2D eigenvalue weighted by atomic mass is 10.2. The maximum absolute atomic E-state index is 12.0. The smallest absolute Gasteiger partial charge is 0.266 e. The van der Waals surface area contributed by atoms with Crippen LogP contribution in [-0.4, -0.2) is 66.1 Å². The van der Waals surface area contributed by atoms with Crippen molar-refractivity contribution in [3.63, 3.8) is 0 Å². The molecule has 1 atom stereocenters. The Bertz CT molecular complexity index is 500. The summed E-state index contributed by atoms with van der Waals surface area (Å²) in [5, 5.41) is 2.81. The molecule has 0 aromatic carbocycles. The van der Waals surface area contributed by atoms with Crippen LogP contribution in [0.25, 0.3) is 0 Å². The Balaban J connectivity index is 1.51. The molecule has 114 valence electrons. The number of anilines is 1. The summed E-state index contributed by atoms with van der Waals surface area (Å²) in [4.78, 5) is 21.0. The first-order chi connectivity index (χ1) is 10.3. The minimum atomic E-state index is -0.411. The molecule has 1 N–H and O–H groups in total. The SMILES string of the molecule is CCN1CCN(CCC2Oc3cccnc3NC2=O)CC1. The molecule has 0 aliphatic carbocycles. The molecular formula is C15H22N4O2. The van der Waals surface area contributed by atoms with Crippen LogP contribution in [0, 0.1) is 0 Å². The average Bonchev–Trinajstić information content (AvgIpc) is 2.53. The summed E-state index contributed by atoms with van der Waals surface area (Å²) >= 11 is 0. The number of carbonyl (C=O) groups excluding carboxylic acids is 1. The number of nitrogens with one attached hydrogen (secondary N) is 1. The predicted octanol–water partition coefficient (Wildman–Crippen LogP) is 0.809. The van der Waals surface area contributed by atoms with Crippen LogP contribution in [0.15, 0.2) is 18.3 Å². The number of likely N-dealkylation sites (N-methyl/N-ethyl adjacent to an activating group) is 1. The van der Waals surface area contributed by atoms with Crippen molar-refractivity contribution in [3.8, 4) is 5.75 Å². The van der Waals surface area contributed by atoms with Crippen molar-refractivity contribution in [2.45, 2.75) is 19.4 Å². The van der Waals surface area contributed by atoms with Crippen molar-refractivity contribution in [2.24, 2.45) is 0 Å². The maximum atomic E-state index is 12.0. The zero-order valence-corrected chi connectivity index (χ0v) is 12.4. The minimum absolute atomic E-state index is 0.0894. The fourth-order valence-corrected chi connectivity index (χ4v) is 2.80. The van der Waals surface area contributed by atoms with E-state index < -0.39 is 6.10 Å². The number of rotatable bonds is 4. The van der Waals surface area contributed by atoms with E-state index in [1.807, 2.05) is 12.1 Å². The minimum Gasteiger partial charge on any atom is -0.477 e. The van der Waals surface area contributed by atoms with E-state index in [2.05, 4.69) is 27.0 Å². The van der Waals surface area contributed by atoms with Gasteiger partial charge in [0.2, 0.25) is 0 Å². The molecule has 1 amide bonds. The number of hydrogen-bond donors (Lipinski definition) is 1. The topological polar surface area (TPSA) is 57.7 Å². The Morgan fingerprint density at radius 2 is 2.10 bits per heavy atom. The van der Waals surface area contributed by atoms with Gasteiger partial charge in [0.05, 0.1) is 0 Å². The normalized spacial score (nSPS) is 23.3. The molecule has 1 aromatic heterocycles. The van der Waals surface area contributed by atoms with Gasteiger partial charge in [0, 0.05) is 45.3 Å². The highest BCUT2D eigenvalue weighted by molar-refractivity contribution is 5.96. The van der Waals surface area contributed by atoms with Gasteiger partial charge in [-0.25, -0.2) is 4.98 Å². The second kappa shape index (κ2) is 6.41. The average molecular weight is 290 g/mol. The molecule has 21 heavy (non-hydrogen) atoms. The molecule has 0 spiro atoms. The molecule has 0 bridgehead atoms. The van der Waals surface area contributed by atoms with Crippen LogP contribution in [0.4, 0.5) is 5.82 Å². The third kappa shape index (κ3) is 3.33. The zero-order valence-electron chi connectivity index (χ0n) is 12.4. The van der Waals surface area contributed by atoms with Crippen LogP contribution >= 0.6 is 0 Å². The van der Waals surface area contributed by atoms with Gasteiger partial charge >= 0.3 is 0 Å². The van der Waals surface area contributed by atoms with Crippen LogP contribution in [0.3, 0.4) is 0 Å². The van der Waals surface area contributed by atoms with Gasteiger partial charge in [0.25, 0.3) is 5.91 Å². The standard InChI is InChI=1S/C15H22N4O2/c1-2-18-8-10-19(11-9-18)7-5-13-15(20)17-14-12(21-13)4-3-6-16-14/h3-4,6,13H,2,5,7-11H2,1H3,(H,16,17,20). The first-order valence-corrected chi connectivity index (χ1v) is 7.63. The summed E-state index contributed by atoms with van der Waals surface area (Å²) in [6, 6.07) is 3.66. The van der Waals surface area contributed by atoms with Crippen molar-refractivity contribution in [1.29, 1.82) is 0 Å². The van der Waals surface area contributed by atoms with Gasteiger partial charge in [-0.1, -0.05) is 6.92 Å². The Kier molecular flexibility index (Phi) is 4.36. The summed E-state index contributed by atoms with van der Waals surface area (Å²) in [6.45, 7) is 8.57. The van der Waals surface area contributed by atoms with E-state index in [1.54, 1.807) is 6.20 Å². The number of fused-ring (bicyclic) bond motifs is 1. The Hall–Kier alpha value is -1.66. The number of piperazine rings is 1. The highest BCUT2D eigenvalue weighted by Crippen LogP contribution is 2.27. The lowest BCUT2D eigenvalue weighted by Crippen LogP contribution is -2.48. The molecule has 6 nitrogen and oxygen atoms in total. The molecule has 0 radical (unpaired) electrons. The monoisotopic (exact) mass is 290 g/mol. The number of aromatic nitrogens is 1. The molecule has 3 rings (SSSR count). The van der Waals surface area contributed by atoms with E-state index in [9.17, 15) is 4.79 Å². The number of ether oxygens (including phenoxy) is 1. The Morgan fingerprint density at radius 3 is 2.86 bits per heavy atom. The van der Waals surface area contributed by atoms with Crippen LogP contribution < -0.4 is 10.1 Å². The van der Waals surface area contributed by atoms with E-state index in [0.29, 0.717) is 18.0 Å². The quantitative estimate of drug-likeness (QED) is 0.889. The molecule has 1 fully saturated rings. The molecule has 2 aliphatic rings. The highest BCUT2D eigenvalue weighted by atomic mass is 16.5. The van der Waals surface area contributed by atoms with E-state index in [0.717, 1.165) is 39.3 Å².